The maximum absolute atomic E-state index is 6.70. The Hall–Kier alpha value is -1.91. The lowest BCUT2D eigenvalue weighted by molar-refractivity contribution is -0.113. The maximum Gasteiger partial charge on any atom is 0.119 e. The van der Waals surface area contributed by atoms with Crippen LogP contribution in [-0.4, -0.2) is 23.7 Å². The Balaban J connectivity index is 1.26. The largest absolute Gasteiger partial charge is 0.490 e. The highest BCUT2D eigenvalue weighted by atomic mass is 32.1. The normalized spacial score (nSPS) is 38.4. The number of thiocarbonyl (C=S) groups is 1. The van der Waals surface area contributed by atoms with Gasteiger partial charge in [-0.2, -0.15) is 0 Å². The van der Waals surface area contributed by atoms with Crippen LogP contribution in [0.4, 0.5) is 0 Å². The predicted octanol–water partition coefficient (Wildman–Crippen LogP) is 6.02. The number of hydrogen-bond acceptors (Lipinski definition) is 3. The molecular weight excluding hydrogens is 436 g/mol. The average Bonchev–Trinajstić information content (AvgIpc) is 2.87. The van der Waals surface area contributed by atoms with Crippen molar-refractivity contribution in [1.82, 2.24) is 5.32 Å². The summed E-state index contributed by atoms with van der Waals surface area (Å²) in [5, 5.41) is 3.90. The first-order valence-electron chi connectivity index (χ1n) is 13.4. The fourth-order valence-electron chi connectivity index (χ4n) is 8.23. The quantitative estimate of drug-likeness (QED) is 0.503. The number of ether oxygens (including phenoxy) is 1. The summed E-state index contributed by atoms with van der Waals surface area (Å²) in [7, 11) is 0. The molecule has 3 N–H and O–H groups in total. The molecule has 0 aromatic heterocycles. The molecule has 4 bridgehead atoms. The molecule has 7 rings (SSSR count). The van der Waals surface area contributed by atoms with E-state index >= 15 is 0 Å². The van der Waals surface area contributed by atoms with E-state index in [0.717, 1.165) is 17.3 Å². The Bertz CT molecular complexity index is 985. The first-order chi connectivity index (χ1) is 16.6. The van der Waals surface area contributed by atoms with Gasteiger partial charge in [0.15, 0.2) is 0 Å². The second-order valence-corrected chi connectivity index (χ2v) is 12.2. The summed E-state index contributed by atoms with van der Waals surface area (Å²) in [5.74, 6) is 2.81. The predicted molar refractivity (Wildman–Crippen MR) is 142 cm³/mol. The summed E-state index contributed by atoms with van der Waals surface area (Å²) in [4.78, 5) is 1.15. The van der Waals surface area contributed by atoms with Gasteiger partial charge in [0.25, 0.3) is 0 Å². The molecule has 0 saturated heterocycles. The van der Waals surface area contributed by atoms with Crippen molar-refractivity contribution in [1.29, 1.82) is 0 Å². The SMILES string of the molecule is NCC1CCC(NC(=S)C23CC4CC(c5ccccc5)(CC(C2)C4Oc2ccccc2)C3)CC1. The van der Waals surface area contributed by atoms with E-state index in [1.54, 1.807) is 0 Å². The molecule has 0 aliphatic heterocycles. The Morgan fingerprint density at radius 2 is 1.50 bits per heavy atom. The van der Waals surface area contributed by atoms with Crippen LogP contribution in [0.3, 0.4) is 0 Å². The summed E-state index contributed by atoms with van der Waals surface area (Å²) in [6, 6.07) is 22.3. The molecule has 4 heteroatoms. The van der Waals surface area contributed by atoms with Gasteiger partial charge in [-0.05, 0) is 105 Å². The molecule has 180 valence electrons. The second kappa shape index (κ2) is 8.95. The molecule has 0 radical (unpaired) electrons. The van der Waals surface area contributed by atoms with E-state index in [-0.39, 0.29) is 10.8 Å². The van der Waals surface area contributed by atoms with Gasteiger partial charge in [0.2, 0.25) is 0 Å². The van der Waals surface area contributed by atoms with Gasteiger partial charge < -0.3 is 15.8 Å². The van der Waals surface area contributed by atoms with E-state index in [9.17, 15) is 0 Å². The van der Waals surface area contributed by atoms with E-state index in [2.05, 4.69) is 66.0 Å². The second-order valence-electron chi connectivity index (χ2n) is 11.8. The maximum atomic E-state index is 6.70. The van der Waals surface area contributed by atoms with Crippen molar-refractivity contribution in [2.75, 3.05) is 6.54 Å². The third kappa shape index (κ3) is 3.97. The Labute approximate surface area is 209 Å². The summed E-state index contributed by atoms with van der Waals surface area (Å²) < 4.78 is 6.70. The van der Waals surface area contributed by atoms with Crippen LogP contribution in [0, 0.1) is 23.2 Å². The fraction of sp³-hybridized carbons (Fsp3) is 0.567. The lowest BCUT2D eigenvalue weighted by atomic mass is 9.42. The Kier molecular flexibility index (Phi) is 5.93. The number of para-hydroxylation sites is 1. The minimum absolute atomic E-state index is 0.109. The van der Waals surface area contributed by atoms with Crippen LogP contribution >= 0.6 is 12.2 Å². The van der Waals surface area contributed by atoms with Crippen LogP contribution in [0.25, 0.3) is 0 Å². The molecule has 5 saturated carbocycles. The number of nitrogens with one attached hydrogen (secondary N) is 1. The minimum Gasteiger partial charge on any atom is -0.490 e. The van der Waals surface area contributed by atoms with Gasteiger partial charge in [-0.25, -0.2) is 0 Å². The molecule has 5 fully saturated rings. The summed E-state index contributed by atoms with van der Waals surface area (Å²) in [6.07, 6.45) is 11.1. The van der Waals surface area contributed by atoms with Gasteiger partial charge in [-0.15, -0.1) is 0 Å². The van der Waals surface area contributed by atoms with Crippen molar-refractivity contribution in [3.63, 3.8) is 0 Å². The highest BCUT2D eigenvalue weighted by molar-refractivity contribution is 7.80. The molecule has 2 aromatic carbocycles. The van der Waals surface area contributed by atoms with Crippen LogP contribution < -0.4 is 15.8 Å². The van der Waals surface area contributed by atoms with E-state index in [0.29, 0.717) is 29.9 Å². The Morgan fingerprint density at radius 3 is 2.12 bits per heavy atom. The number of benzene rings is 2. The molecule has 0 spiro atoms. The third-order valence-corrected chi connectivity index (χ3v) is 10.2. The molecule has 34 heavy (non-hydrogen) atoms. The van der Waals surface area contributed by atoms with Crippen molar-refractivity contribution < 1.29 is 4.74 Å². The van der Waals surface area contributed by atoms with Gasteiger partial charge >= 0.3 is 0 Å². The smallest absolute Gasteiger partial charge is 0.119 e. The molecule has 2 aromatic rings. The van der Waals surface area contributed by atoms with Gasteiger partial charge in [-0.1, -0.05) is 60.7 Å². The van der Waals surface area contributed by atoms with Crippen LogP contribution in [0.15, 0.2) is 60.7 Å². The van der Waals surface area contributed by atoms with Crippen molar-refractivity contribution in [2.45, 2.75) is 75.3 Å². The van der Waals surface area contributed by atoms with Gasteiger partial charge in [0.05, 0.1) is 4.99 Å². The summed E-state index contributed by atoms with van der Waals surface area (Å²) >= 11 is 6.28. The lowest BCUT2D eigenvalue weighted by Crippen LogP contribution is -2.64. The number of rotatable bonds is 6. The molecule has 2 atom stereocenters. The molecule has 0 amide bonds. The first kappa shape index (κ1) is 22.5. The highest BCUT2D eigenvalue weighted by Crippen LogP contribution is 2.66. The van der Waals surface area contributed by atoms with Gasteiger partial charge in [0.1, 0.15) is 11.9 Å². The zero-order valence-electron chi connectivity index (χ0n) is 20.1. The fourth-order valence-corrected chi connectivity index (χ4v) is 8.63. The zero-order chi connectivity index (χ0) is 23.2. The van der Waals surface area contributed by atoms with E-state index < -0.39 is 0 Å². The topological polar surface area (TPSA) is 47.3 Å². The van der Waals surface area contributed by atoms with Crippen LogP contribution in [-0.2, 0) is 5.41 Å². The average molecular weight is 475 g/mol. The highest BCUT2D eigenvalue weighted by Gasteiger charge is 2.63. The Morgan fingerprint density at radius 1 is 0.882 bits per heavy atom. The zero-order valence-corrected chi connectivity index (χ0v) is 20.9. The van der Waals surface area contributed by atoms with Gasteiger partial charge in [0, 0.05) is 11.5 Å². The van der Waals surface area contributed by atoms with E-state index in [1.165, 1.54) is 63.4 Å². The molecule has 2 unspecified atom stereocenters. The lowest BCUT2D eigenvalue weighted by Gasteiger charge is -2.64. The standard InChI is InChI=1S/C30H38N2OS/c31-19-21-11-13-25(14-12-21)32-28(34)30-17-22-15-29(20-30,24-7-3-1-4-8-24)16-23(18-30)27(22)33-26-9-5-2-6-10-26/h1-10,21-23,25,27H,11-20,31H2,(H,32,34). The van der Waals surface area contributed by atoms with E-state index in [1.807, 2.05) is 0 Å². The van der Waals surface area contributed by atoms with Crippen LogP contribution in [0.5, 0.6) is 5.75 Å². The van der Waals surface area contributed by atoms with Crippen molar-refractivity contribution >= 4 is 17.2 Å². The first-order valence-corrected chi connectivity index (χ1v) is 13.8. The molecule has 5 aliphatic carbocycles. The summed E-state index contributed by atoms with van der Waals surface area (Å²) in [5.41, 5.74) is 7.78. The van der Waals surface area contributed by atoms with E-state index in [4.69, 9.17) is 22.7 Å². The molecule has 0 heterocycles. The van der Waals surface area contributed by atoms with Crippen LogP contribution in [0.2, 0.25) is 0 Å². The molecular formula is C30H38N2OS. The summed E-state index contributed by atoms with van der Waals surface area (Å²) in [6.45, 7) is 0.826. The monoisotopic (exact) mass is 474 g/mol. The van der Waals surface area contributed by atoms with Crippen molar-refractivity contribution in [3.05, 3.63) is 66.2 Å². The molecule has 3 nitrogen and oxygen atoms in total. The van der Waals surface area contributed by atoms with Crippen molar-refractivity contribution in [2.24, 2.45) is 28.9 Å². The molecule has 5 aliphatic rings. The van der Waals surface area contributed by atoms with Crippen molar-refractivity contribution in [3.8, 4) is 5.75 Å². The number of hydrogen-bond donors (Lipinski definition) is 2. The third-order valence-electron chi connectivity index (χ3n) is 9.62. The van der Waals surface area contributed by atoms with Crippen LogP contribution in [0.1, 0.15) is 63.4 Å². The van der Waals surface area contributed by atoms with Gasteiger partial charge in [-0.3, -0.25) is 0 Å². The minimum atomic E-state index is 0.109. The number of nitrogens with two attached hydrogens (primary N) is 1.